The number of carbonyl (C=O) groups is 1. The summed E-state index contributed by atoms with van der Waals surface area (Å²) in [5, 5.41) is 19.5. The first kappa shape index (κ1) is 37.1. The molecule has 0 heterocycles. The second-order valence-electron chi connectivity index (χ2n) is 7.69. The van der Waals surface area contributed by atoms with Crippen molar-refractivity contribution < 1.29 is 98.1 Å². The number of nitrogens with one attached hydrogen (secondary N) is 1. The van der Waals surface area contributed by atoms with Gasteiger partial charge in [0.2, 0.25) is 0 Å². The lowest BCUT2D eigenvalue weighted by atomic mass is 9.88. The van der Waals surface area contributed by atoms with Crippen LogP contribution in [-0.4, -0.2) is 103 Å². The van der Waals surface area contributed by atoms with Crippen LogP contribution in [0, 0.1) is 0 Å². The molecule has 0 aromatic carbocycles. The van der Waals surface area contributed by atoms with Gasteiger partial charge in [0, 0.05) is 13.0 Å². The molecule has 3 N–H and O–H groups in total. The molecule has 0 aliphatic heterocycles. The molecule has 39 heavy (non-hydrogen) atoms. The highest BCUT2D eigenvalue weighted by atomic mass is 32.2. The van der Waals surface area contributed by atoms with E-state index in [-0.39, 0.29) is 0 Å². The van der Waals surface area contributed by atoms with Gasteiger partial charge in [0.05, 0.1) is 24.2 Å². The third-order valence-electron chi connectivity index (χ3n) is 4.62. The Hall–Kier alpha value is -1.85. The van der Waals surface area contributed by atoms with Gasteiger partial charge < -0.3 is 15.5 Å². The Balaban J connectivity index is 6.15. The summed E-state index contributed by atoms with van der Waals surface area (Å²) in [7, 11) is -5.27. The number of halogens is 17. The van der Waals surface area contributed by atoms with Crippen LogP contribution in [0.3, 0.4) is 0 Å². The number of aliphatic hydroxyl groups is 1. The van der Waals surface area contributed by atoms with E-state index in [2.05, 4.69) is 0 Å². The zero-order chi connectivity index (χ0) is 31.9. The van der Waals surface area contributed by atoms with Crippen LogP contribution in [0.25, 0.3) is 0 Å². The Bertz CT molecular complexity index is 979. The van der Waals surface area contributed by atoms with Gasteiger partial charge in [-0.25, -0.2) is 8.42 Å². The van der Waals surface area contributed by atoms with Crippen LogP contribution in [0.2, 0.25) is 0 Å². The SMILES string of the molecule is O=C(O)CNCC(O)CS(=O)(=O)CCC(F)(F)C(F)(F)C(F)(F)C(F)(F)C(F)(F)C(F)(F)C(F)(F)C(F)(F)F. The highest BCUT2D eigenvalue weighted by Gasteiger charge is 2.95. The van der Waals surface area contributed by atoms with Crippen molar-refractivity contribution in [2.45, 2.75) is 60.2 Å². The first-order valence-corrected chi connectivity index (χ1v) is 11.1. The summed E-state index contributed by atoms with van der Waals surface area (Å²) in [6.45, 7) is -1.84. The van der Waals surface area contributed by atoms with Crippen molar-refractivity contribution in [1.29, 1.82) is 0 Å². The Labute approximate surface area is 205 Å². The summed E-state index contributed by atoms with van der Waals surface area (Å²) >= 11 is 0. The average molecular weight is 643 g/mol. The number of aliphatic carboxylic acids is 1. The normalized spacial score (nSPS) is 16.4. The Kier molecular flexibility index (Phi) is 10.3. The monoisotopic (exact) mass is 643 g/mol. The number of rotatable bonds is 15. The molecule has 0 aliphatic carbocycles. The molecule has 0 amide bonds. The van der Waals surface area contributed by atoms with Gasteiger partial charge in [-0.2, -0.15) is 74.6 Å². The lowest BCUT2D eigenvalue weighted by Crippen LogP contribution is -2.74. The van der Waals surface area contributed by atoms with Crippen LogP contribution in [0.4, 0.5) is 74.6 Å². The minimum Gasteiger partial charge on any atom is -0.480 e. The predicted octanol–water partition coefficient (Wildman–Crippen LogP) is 3.84. The summed E-state index contributed by atoms with van der Waals surface area (Å²) in [6.07, 6.45) is -13.3. The second kappa shape index (κ2) is 10.9. The van der Waals surface area contributed by atoms with Crippen molar-refractivity contribution in [2.24, 2.45) is 0 Å². The molecule has 234 valence electrons. The van der Waals surface area contributed by atoms with Gasteiger partial charge in [0.1, 0.15) is 0 Å². The van der Waals surface area contributed by atoms with E-state index in [1.165, 1.54) is 0 Å². The fourth-order valence-corrected chi connectivity index (χ4v) is 3.86. The summed E-state index contributed by atoms with van der Waals surface area (Å²) < 4.78 is 247. The zero-order valence-electron chi connectivity index (χ0n) is 18.1. The molecule has 0 saturated carbocycles. The number of sulfone groups is 1. The Morgan fingerprint density at radius 3 is 1.38 bits per heavy atom. The number of hydrogen-bond acceptors (Lipinski definition) is 5. The molecule has 0 saturated heterocycles. The molecule has 0 fully saturated rings. The first-order valence-electron chi connectivity index (χ1n) is 9.29. The van der Waals surface area contributed by atoms with Crippen LogP contribution in [-0.2, 0) is 14.6 Å². The van der Waals surface area contributed by atoms with E-state index >= 15 is 0 Å². The number of alkyl halides is 17. The lowest BCUT2D eigenvalue weighted by Gasteiger charge is -2.42. The molecule has 0 rings (SSSR count). The fourth-order valence-electron chi connectivity index (χ4n) is 2.42. The minimum absolute atomic E-state index is 0.913. The maximum atomic E-state index is 13.8. The third kappa shape index (κ3) is 6.73. The molecule has 0 bridgehead atoms. The number of carboxylic acid groups (broad SMARTS) is 1. The van der Waals surface area contributed by atoms with E-state index in [1.54, 1.807) is 0 Å². The average Bonchev–Trinajstić information content (AvgIpc) is 2.70. The van der Waals surface area contributed by atoms with E-state index in [0.29, 0.717) is 0 Å². The predicted molar refractivity (Wildman–Crippen MR) is 90.5 cm³/mol. The first-order chi connectivity index (χ1) is 16.8. The summed E-state index contributed by atoms with van der Waals surface area (Å²) in [6, 6.07) is 0. The number of carboxylic acids is 1. The van der Waals surface area contributed by atoms with Crippen LogP contribution < -0.4 is 5.32 Å². The second-order valence-corrected chi connectivity index (χ2v) is 9.92. The van der Waals surface area contributed by atoms with E-state index in [1.807, 2.05) is 5.32 Å². The largest absolute Gasteiger partial charge is 0.480 e. The summed E-state index contributed by atoms with van der Waals surface area (Å²) in [5.41, 5.74) is 0. The van der Waals surface area contributed by atoms with E-state index < -0.39 is 101 Å². The van der Waals surface area contributed by atoms with E-state index in [4.69, 9.17) is 5.11 Å². The van der Waals surface area contributed by atoms with Crippen molar-refractivity contribution in [3.05, 3.63) is 0 Å². The number of aliphatic hydroxyl groups excluding tert-OH is 1. The van der Waals surface area contributed by atoms with Crippen molar-refractivity contribution in [3.63, 3.8) is 0 Å². The fraction of sp³-hybridized carbons (Fsp3) is 0.933. The van der Waals surface area contributed by atoms with Crippen molar-refractivity contribution in [1.82, 2.24) is 5.32 Å². The molecule has 6 nitrogen and oxygen atoms in total. The van der Waals surface area contributed by atoms with Crippen molar-refractivity contribution >= 4 is 15.8 Å². The maximum Gasteiger partial charge on any atom is 0.460 e. The molecular weight excluding hydrogens is 629 g/mol. The lowest BCUT2D eigenvalue weighted by molar-refractivity contribution is -0.461. The van der Waals surface area contributed by atoms with Gasteiger partial charge >= 0.3 is 53.6 Å². The van der Waals surface area contributed by atoms with Crippen LogP contribution in [0.1, 0.15) is 6.42 Å². The summed E-state index contributed by atoms with van der Waals surface area (Å²) in [5.74, 6) is -63.6. The molecule has 0 aliphatic rings. The summed E-state index contributed by atoms with van der Waals surface area (Å²) in [4.78, 5) is 10.2. The van der Waals surface area contributed by atoms with Gasteiger partial charge in [-0.1, -0.05) is 0 Å². The van der Waals surface area contributed by atoms with Crippen molar-refractivity contribution in [2.75, 3.05) is 24.6 Å². The van der Waals surface area contributed by atoms with Gasteiger partial charge in [-0.3, -0.25) is 4.79 Å². The quantitative estimate of drug-likeness (QED) is 0.235. The zero-order valence-corrected chi connectivity index (χ0v) is 18.9. The Morgan fingerprint density at radius 2 is 1.03 bits per heavy atom. The smallest absolute Gasteiger partial charge is 0.460 e. The minimum atomic E-state index is -8.79. The van der Waals surface area contributed by atoms with Crippen LogP contribution >= 0.6 is 0 Å². The molecule has 0 aromatic rings. The standard InChI is InChI=1S/C15H14F17NO5S/c16-8(17,1-2-39(37,38)5-6(34)3-33-4-7(35)36)9(18,19)10(20,21)11(22,23)12(24,25)13(26,27)14(28,29)15(30,31)32/h6,33-34H,1-5H2,(H,35,36). The molecule has 24 heteroatoms. The highest BCUT2D eigenvalue weighted by molar-refractivity contribution is 7.91. The van der Waals surface area contributed by atoms with Crippen LogP contribution in [0.5, 0.6) is 0 Å². The molecule has 0 radical (unpaired) electrons. The Morgan fingerprint density at radius 1 is 0.667 bits per heavy atom. The molecule has 0 spiro atoms. The highest BCUT2D eigenvalue weighted by Crippen LogP contribution is 2.64. The van der Waals surface area contributed by atoms with Gasteiger partial charge in [-0.05, 0) is 0 Å². The topological polar surface area (TPSA) is 104 Å². The van der Waals surface area contributed by atoms with Crippen LogP contribution in [0.15, 0.2) is 0 Å². The van der Waals surface area contributed by atoms with E-state index in [0.717, 1.165) is 0 Å². The van der Waals surface area contributed by atoms with E-state index in [9.17, 15) is 93.0 Å². The maximum absolute atomic E-state index is 13.8. The van der Waals surface area contributed by atoms with Gasteiger partial charge in [-0.15, -0.1) is 0 Å². The molecule has 1 atom stereocenters. The third-order valence-corrected chi connectivity index (χ3v) is 6.34. The molecular formula is C15H14F17NO5S. The number of hydrogen-bond donors (Lipinski definition) is 3. The molecule has 1 unspecified atom stereocenters. The van der Waals surface area contributed by atoms with Crippen molar-refractivity contribution in [3.8, 4) is 0 Å². The van der Waals surface area contributed by atoms with Gasteiger partial charge in [0.25, 0.3) is 0 Å². The molecule has 0 aromatic heterocycles. The van der Waals surface area contributed by atoms with Gasteiger partial charge in [0.15, 0.2) is 9.84 Å².